The summed E-state index contributed by atoms with van der Waals surface area (Å²) in [6.07, 6.45) is -0.0631. The quantitative estimate of drug-likeness (QED) is 0.623. The molecule has 1 aliphatic rings. The van der Waals surface area contributed by atoms with Crippen molar-refractivity contribution in [3.05, 3.63) is 53.6 Å². The lowest BCUT2D eigenvalue weighted by Crippen LogP contribution is -2.49. The SMILES string of the molecule is COc1ccc(N(CCC(=O)N2C[C@@H](C)O[C@@H](C)C2)S(=O)(=O)c2cccc(Cl)c2)cc1. The molecule has 1 aliphatic heterocycles. The summed E-state index contributed by atoms with van der Waals surface area (Å²) >= 11 is 6.03. The number of anilines is 1. The maximum Gasteiger partial charge on any atom is 0.264 e. The number of nitrogens with zero attached hydrogens (tertiary/aromatic N) is 2. The van der Waals surface area contributed by atoms with Crippen LogP contribution in [0.15, 0.2) is 53.4 Å². The fourth-order valence-electron chi connectivity index (χ4n) is 3.63. The summed E-state index contributed by atoms with van der Waals surface area (Å²) in [6.45, 7) is 4.83. The molecule has 0 aromatic heterocycles. The van der Waals surface area contributed by atoms with E-state index in [1.165, 1.54) is 16.4 Å². The standard InChI is InChI=1S/C22H27ClN2O5S/c1-16-14-24(15-17(2)30-16)22(26)11-12-25(19-7-9-20(29-3)10-8-19)31(27,28)21-6-4-5-18(23)13-21/h4-10,13,16-17H,11-12,14-15H2,1-3H3/t16-,17+. The molecule has 2 aromatic rings. The van der Waals surface area contributed by atoms with Gasteiger partial charge in [-0.15, -0.1) is 0 Å². The molecule has 9 heteroatoms. The molecule has 2 aromatic carbocycles. The van der Waals surface area contributed by atoms with Gasteiger partial charge in [0.25, 0.3) is 10.0 Å². The van der Waals surface area contributed by atoms with Crippen LogP contribution in [0.25, 0.3) is 0 Å². The van der Waals surface area contributed by atoms with Crippen molar-refractivity contribution in [2.45, 2.75) is 37.4 Å². The van der Waals surface area contributed by atoms with Gasteiger partial charge in [-0.05, 0) is 56.3 Å². The normalized spacial score (nSPS) is 19.2. The van der Waals surface area contributed by atoms with Crippen LogP contribution in [0.2, 0.25) is 5.02 Å². The van der Waals surface area contributed by atoms with Crippen molar-refractivity contribution in [1.82, 2.24) is 4.90 Å². The van der Waals surface area contributed by atoms with Crippen LogP contribution in [0.3, 0.4) is 0 Å². The molecular formula is C22H27ClN2O5S. The maximum atomic E-state index is 13.4. The smallest absolute Gasteiger partial charge is 0.264 e. The van der Waals surface area contributed by atoms with E-state index in [1.807, 2.05) is 13.8 Å². The number of hydrogen-bond acceptors (Lipinski definition) is 5. The molecule has 0 bridgehead atoms. The van der Waals surface area contributed by atoms with Crippen molar-refractivity contribution in [2.75, 3.05) is 31.0 Å². The molecule has 0 N–H and O–H groups in total. The van der Waals surface area contributed by atoms with Crippen LogP contribution < -0.4 is 9.04 Å². The van der Waals surface area contributed by atoms with Crippen LogP contribution in [-0.4, -0.2) is 58.2 Å². The van der Waals surface area contributed by atoms with Crippen LogP contribution in [0, 0.1) is 0 Å². The molecule has 1 heterocycles. The summed E-state index contributed by atoms with van der Waals surface area (Å²) in [7, 11) is -2.39. The number of rotatable bonds is 7. The minimum Gasteiger partial charge on any atom is -0.497 e. The zero-order valence-electron chi connectivity index (χ0n) is 17.8. The lowest BCUT2D eigenvalue weighted by Gasteiger charge is -2.35. The largest absolute Gasteiger partial charge is 0.497 e. The average Bonchev–Trinajstić information content (AvgIpc) is 2.73. The van der Waals surface area contributed by atoms with E-state index in [9.17, 15) is 13.2 Å². The third-order valence-corrected chi connectivity index (χ3v) is 7.10. The zero-order valence-corrected chi connectivity index (χ0v) is 19.4. The highest BCUT2D eigenvalue weighted by atomic mass is 35.5. The van der Waals surface area contributed by atoms with Gasteiger partial charge in [0.2, 0.25) is 5.91 Å². The number of carbonyl (C=O) groups is 1. The molecule has 7 nitrogen and oxygen atoms in total. The fraction of sp³-hybridized carbons (Fsp3) is 0.409. The van der Waals surface area contributed by atoms with E-state index in [1.54, 1.807) is 48.4 Å². The molecule has 168 valence electrons. The molecule has 1 saturated heterocycles. The van der Waals surface area contributed by atoms with Crippen molar-refractivity contribution < 1.29 is 22.7 Å². The van der Waals surface area contributed by atoms with Gasteiger partial charge in [-0.25, -0.2) is 8.42 Å². The lowest BCUT2D eigenvalue weighted by atomic mass is 10.2. The predicted octanol–water partition coefficient (Wildman–Crippen LogP) is 3.57. The minimum atomic E-state index is -3.93. The highest BCUT2D eigenvalue weighted by Crippen LogP contribution is 2.27. The van der Waals surface area contributed by atoms with Gasteiger partial charge in [0, 0.05) is 31.1 Å². The highest BCUT2D eigenvalue weighted by molar-refractivity contribution is 7.92. The van der Waals surface area contributed by atoms with Gasteiger partial charge in [-0.3, -0.25) is 9.10 Å². The summed E-state index contributed by atoms with van der Waals surface area (Å²) in [5.41, 5.74) is 0.442. The number of halogens is 1. The first kappa shape index (κ1) is 23.4. The number of benzene rings is 2. The van der Waals surface area contributed by atoms with Gasteiger partial charge in [0.1, 0.15) is 5.75 Å². The summed E-state index contributed by atoms with van der Waals surface area (Å²) in [4.78, 5) is 14.7. The highest BCUT2D eigenvalue weighted by Gasteiger charge is 2.29. The lowest BCUT2D eigenvalue weighted by molar-refractivity contribution is -0.142. The molecule has 31 heavy (non-hydrogen) atoms. The molecule has 0 radical (unpaired) electrons. The molecule has 1 amide bonds. The molecule has 0 spiro atoms. The van der Waals surface area contributed by atoms with Crippen LogP contribution in [0.4, 0.5) is 5.69 Å². The van der Waals surface area contributed by atoms with E-state index in [4.69, 9.17) is 21.1 Å². The van der Waals surface area contributed by atoms with E-state index in [2.05, 4.69) is 0 Å². The number of ether oxygens (including phenoxy) is 2. The van der Waals surface area contributed by atoms with Gasteiger partial charge < -0.3 is 14.4 Å². The second-order valence-corrected chi connectivity index (χ2v) is 9.84. The van der Waals surface area contributed by atoms with Crippen molar-refractivity contribution in [3.8, 4) is 5.75 Å². The second kappa shape index (κ2) is 9.89. The Hall–Kier alpha value is -2.29. The topological polar surface area (TPSA) is 76.2 Å². The van der Waals surface area contributed by atoms with E-state index in [0.29, 0.717) is 29.5 Å². The molecule has 0 saturated carbocycles. The Kier molecular flexibility index (Phi) is 7.46. The van der Waals surface area contributed by atoms with Crippen molar-refractivity contribution in [2.24, 2.45) is 0 Å². The fourth-order valence-corrected chi connectivity index (χ4v) is 5.39. The third-order valence-electron chi connectivity index (χ3n) is 5.05. The van der Waals surface area contributed by atoms with Crippen molar-refractivity contribution in [3.63, 3.8) is 0 Å². The summed E-state index contributed by atoms with van der Waals surface area (Å²) < 4.78 is 38.9. The van der Waals surface area contributed by atoms with E-state index < -0.39 is 10.0 Å². The Bertz CT molecular complexity index is 1000. The number of amides is 1. The molecule has 0 unspecified atom stereocenters. The second-order valence-electron chi connectivity index (χ2n) is 7.54. The van der Waals surface area contributed by atoms with Gasteiger partial charge in [0.05, 0.1) is 29.9 Å². The number of methoxy groups -OCH3 is 1. The first-order chi connectivity index (χ1) is 14.7. The summed E-state index contributed by atoms with van der Waals surface area (Å²) in [5.74, 6) is 0.498. The predicted molar refractivity (Wildman–Crippen MR) is 120 cm³/mol. The van der Waals surface area contributed by atoms with E-state index in [0.717, 1.165) is 0 Å². The van der Waals surface area contributed by atoms with Gasteiger partial charge in [-0.2, -0.15) is 0 Å². The third kappa shape index (κ3) is 5.70. The monoisotopic (exact) mass is 466 g/mol. The zero-order chi connectivity index (χ0) is 22.6. The number of sulfonamides is 1. The number of hydrogen-bond donors (Lipinski definition) is 0. The summed E-state index contributed by atoms with van der Waals surface area (Å²) in [5, 5.41) is 0.322. The van der Waals surface area contributed by atoms with Gasteiger partial charge in [0.15, 0.2) is 0 Å². The van der Waals surface area contributed by atoms with E-state index >= 15 is 0 Å². The van der Waals surface area contributed by atoms with Crippen LogP contribution >= 0.6 is 11.6 Å². The average molecular weight is 467 g/mol. The first-order valence-electron chi connectivity index (χ1n) is 10.1. The van der Waals surface area contributed by atoms with Crippen LogP contribution in [-0.2, 0) is 19.6 Å². The summed E-state index contributed by atoms with van der Waals surface area (Å²) in [6, 6.07) is 12.8. The van der Waals surface area contributed by atoms with Crippen molar-refractivity contribution >= 4 is 33.2 Å². The Morgan fingerprint density at radius 1 is 1.16 bits per heavy atom. The van der Waals surface area contributed by atoms with Gasteiger partial charge >= 0.3 is 0 Å². The van der Waals surface area contributed by atoms with E-state index in [-0.39, 0.29) is 36.0 Å². The van der Waals surface area contributed by atoms with Gasteiger partial charge in [-0.1, -0.05) is 17.7 Å². The van der Waals surface area contributed by atoms with Crippen molar-refractivity contribution in [1.29, 1.82) is 0 Å². The number of carbonyl (C=O) groups excluding carboxylic acids is 1. The number of morpholine rings is 1. The molecule has 2 atom stereocenters. The molecule has 3 rings (SSSR count). The molecule has 1 fully saturated rings. The first-order valence-corrected chi connectivity index (χ1v) is 11.9. The van der Waals surface area contributed by atoms with Crippen LogP contribution in [0.5, 0.6) is 5.75 Å². The molecular weight excluding hydrogens is 440 g/mol. The Labute approximate surface area is 188 Å². The Morgan fingerprint density at radius 2 is 1.81 bits per heavy atom. The minimum absolute atomic E-state index is 0.000127. The maximum absolute atomic E-state index is 13.4. The Morgan fingerprint density at radius 3 is 2.39 bits per heavy atom. The van der Waals surface area contributed by atoms with Crippen LogP contribution in [0.1, 0.15) is 20.3 Å². The molecule has 0 aliphatic carbocycles. The Balaban J connectivity index is 1.86.